The zero-order valence-corrected chi connectivity index (χ0v) is 22.3. The van der Waals surface area contributed by atoms with Gasteiger partial charge in [0, 0.05) is 6.20 Å². The smallest absolute Gasteiger partial charge is 0.320 e. The van der Waals surface area contributed by atoms with Gasteiger partial charge in [0.1, 0.15) is 11.9 Å². The third-order valence-corrected chi connectivity index (χ3v) is 7.29. The topological polar surface area (TPSA) is 152 Å². The van der Waals surface area contributed by atoms with Crippen LogP contribution in [-0.4, -0.2) is 67.8 Å². The molecule has 0 bridgehead atoms. The molecule has 0 saturated heterocycles. The first-order valence-corrected chi connectivity index (χ1v) is 14.1. The van der Waals surface area contributed by atoms with Crippen molar-refractivity contribution in [2.24, 2.45) is 16.9 Å². The molecule has 2 rings (SSSR count). The summed E-state index contributed by atoms with van der Waals surface area (Å²) < 4.78 is 0. The van der Waals surface area contributed by atoms with E-state index >= 15 is 0 Å². The summed E-state index contributed by atoms with van der Waals surface area (Å²) >= 11 is 3.52. The molecule has 194 valence electrons. The molecular weight excluding hydrogens is 472 g/mol. The van der Waals surface area contributed by atoms with Crippen molar-refractivity contribution in [2.75, 3.05) is 28.3 Å². The number of thioether (sulfide) groups is 2. The molecule has 8 nitrogen and oxygen atoms in total. The Labute approximate surface area is 212 Å². The fourth-order valence-electron chi connectivity index (χ4n) is 2.57. The number of carbonyl (C=O) groups is 2. The number of nitrogens with one attached hydrogen (secondary N) is 1. The fourth-order valence-corrected chi connectivity index (χ4v) is 5.10. The first-order valence-electron chi connectivity index (χ1n) is 11.8. The number of aromatic nitrogens is 1. The van der Waals surface area contributed by atoms with Crippen molar-refractivity contribution in [2.45, 2.75) is 77.0 Å². The number of carbonyl (C=O) groups excluding carboxylic acids is 1. The molecule has 1 amide bonds. The normalized spacial score (nSPS) is 16.1. The fraction of sp³-hybridized carbons (Fsp3) is 0.708. The number of nitrogens with two attached hydrogens (primary N) is 2. The average Bonchev–Trinajstić information content (AvgIpc) is 3.50. The van der Waals surface area contributed by atoms with E-state index in [1.165, 1.54) is 6.42 Å². The van der Waals surface area contributed by atoms with Gasteiger partial charge in [0.05, 0.1) is 11.6 Å². The van der Waals surface area contributed by atoms with Gasteiger partial charge >= 0.3 is 5.97 Å². The Kier molecular flexibility index (Phi) is 14.1. The summed E-state index contributed by atoms with van der Waals surface area (Å²) in [4.78, 5) is 26.3. The summed E-state index contributed by atoms with van der Waals surface area (Å²) in [6.45, 7) is 6.71. The van der Waals surface area contributed by atoms with Crippen LogP contribution in [0.2, 0.25) is 0 Å². The van der Waals surface area contributed by atoms with Crippen LogP contribution in [0.5, 0.6) is 0 Å². The van der Waals surface area contributed by atoms with Crippen LogP contribution in [0.15, 0.2) is 24.4 Å². The molecule has 1 aromatic heterocycles. The minimum absolute atomic E-state index is 0.167. The second-order valence-corrected chi connectivity index (χ2v) is 12.3. The molecule has 1 saturated carbocycles. The number of carboxylic acid groups (broad SMARTS) is 1. The number of hydrogen-bond donors (Lipinski definition) is 5. The Morgan fingerprint density at radius 3 is 2.24 bits per heavy atom. The highest BCUT2D eigenvalue weighted by Crippen LogP contribution is 2.39. The van der Waals surface area contributed by atoms with E-state index in [2.05, 4.69) is 31.1 Å². The van der Waals surface area contributed by atoms with E-state index in [9.17, 15) is 14.7 Å². The molecule has 10 heteroatoms. The lowest BCUT2D eigenvalue weighted by atomic mass is 9.94. The van der Waals surface area contributed by atoms with Gasteiger partial charge in [-0.1, -0.05) is 26.8 Å². The van der Waals surface area contributed by atoms with Crippen LogP contribution in [0.25, 0.3) is 0 Å². The highest BCUT2D eigenvalue weighted by Gasteiger charge is 2.39. The summed E-state index contributed by atoms with van der Waals surface area (Å²) in [5.41, 5.74) is 11.2. The Bertz CT molecular complexity index is 727. The van der Waals surface area contributed by atoms with Gasteiger partial charge in [-0.15, -0.1) is 0 Å². The molecule has 2 unspecified atom stereocenters. The Hall–Kier alpha value is -1.33. The summed E-state index contributed by atoms with van der Waals surface area (Å²) in [5, 5.41) is 20.7. The van der Waals surface area contributed by atoms with Crippen LogP contribution in [0.1, 0.15) is 59.3 Å². The maximum Gasteiger partial charge on any atom is 0.320 e. The van der Waals surface area contributed by atoms with Gasteiger partial charge in [-0.2, -0.15) is 23.5 Å². The number of hydrogen-bond acceptors (Lipinski definition) is 8. The molecule has 1 fully saturated rings. The van der Waals surface area contributed by atoms with Gasteiger partial charge in [0.2, 0.25) is 5.91 Å². The number of anilines is 1. The summed E-state index contributed by atoms with van der Waals surface area (Å²) in [6.07, 6.45) is 6.66. The number of rotatable bonds is 14. The maximum atomic E-state index is 11.9. The van der Waals surface area contributed by atoms with Crippen molar-refractivity contribution in [3.63, 3.8) is 0 Å². The molecule has 0 aromatic carbocycles. The Balaban J connectivity index is 0.000000362. The number of pyridine rings is 1. The monoisotopic (exact) mass is 514 g/mol. The Morgan fingerprint density at radius 2 is 1.71 bits per heavy atom. The van der Waals surface area contributed by atoms with Crippen molar-refractivity contribution in [3.8, 4) is 0 Å². The molecule has 0 radical (unpaired) electrons. The zero-order chi connectivity index (χ0) is 25.6. The van der Waals surface area contributed by atoms with Gasteiger partial charge < -0.3 is 27.0 Å². The molecule has 2 atom stereocenters. The third-order valence-electron chi connectivity index (χ3n) is 5.25. The van der Waals surface area contributed by atoms with Crippen LogP contribution < -0.4 is 16.8 Å². The average molecular weight is 515 g/mol. The van der Waals surface area contributed by atoms with Crippen LogP contribution in [-0.2, 0) is 9.59 Å². The lowest BCUT2D eigenvalue weighted by molar-refractivity contribution is -0.138. The zero-order valence-electron chi connectivity index (χ0n) is 20.7. The van der Waals surface area contributed by atoms with E-state index in [1.54, 1.807) is 30.1 Å². The molecule has 1 aliphatic carbocycles. The van der Waals surface area contributed by atoms with Gasteiger partial charge in [-0.25, -0.2) is 4.98 Å². The lowest BCUT2D eigenvalue weighted by Gasteiger charge is -2.17. The molecule has 1 aromatic rings. The van der Waals surface area contributed by atoms with Gasteiger partial charge in [-0.05, 0) is 79.1 Å². The van der Waals surface area contributed by atoms with E-state index < -0.39 is 18.1 Å². The van der Waals surface area contributed by atoms with Crippen LogP contribution >= 0.6 is 23.5 Å². The van der Waals surface area contributed by atoms with Crippen molar-refractivity contribution in [3.05, 3.63) is 24.4 Å². The SMILES string of the molecule is CC(C)(C)CCSCCC(N)C(=O)Nc1ccccn1.NC(CCSCCC1(O)CC1)C(=O)O. The standard InChI is InChI=1S/C15H25N3OS.C9H17NO3S/c1-15(2,3)8-11-20-10-7-12(16)14(19)18-13-6-4-5-9-17-13;10-7(8(11)12)1-5-14-6-4-9(13)2-3-9/h4-6,9,12H,7-8,10-11,16H2,1-3H3,(H,17,18,19);7,13H,1-6,10H2,(H,11,12). The molecular formula is C24H42N4O4S2. The number of aliphatic carboxylic acids is 1. The first kappa shape index (κ1) is 30.7. The minimum Gasteiger partial charge on any atom is -0.480 e. The number of nitrogens with zero attached hydrogens (tertiary/aromatic N) is 1. The summed E-state index contributed by atoms with van der Waals surface area (Å²) in [5.74, 6) is 3.11. The summed E-state index contributed by atoms with van der Waals surface area (Å²) in [7, 11) is 0. The largest absolute Gasteiger partial charge is 0.480 e. The van der Waals surface area contributed by atoms with Gasteiger partial charge in [0.25, 0.3) is 0 Å². The molecule has 0 spiro atoms. The van der Waals surface area contributed by atoms with Crippen molar-refractivity contribution < 1.29 is 19.8 Å². The number of aliphatic hydroxyl groups is 1. The quantitative estimate of drug-likeness (QED) is 0.235. The highest BCUT2D eigenvalue weighted by molar-refractivity contribution is 7.99. The lowest BCUT2D eigenvalue weighted by Crippen LogP contribution is -2.36. The molecule has 34 heavy (non-hydrogen) atoms. The van der Waals surface area contributed by atoms with E-state index in [0.717, 1.165) is 42.3 Å². The van der Waals surface area contributed by atoms with E-state index in [4.69, 9.17) is 16.6 Å². The molecule has 7 N–H and O–H groups in total. The van der Waals surface area contributed by atoms with Crippen molar-refractivity contribution in [1.82, 2.24) is 4.98 Å². The second-order valence-electron chi connectivity index (χ2n) is 9.84. The predicted octanol–water partition coefficient (Wildman–Crippen LogP) is 3.34. The van der Waals surface area contributed by atoms with Gasteiger partial charge in [0.15, 0.2) is 0 Å². The Morgan fingerprint density at radius 1 is 1.09 bits per heavy atom. The second kappa shape index (κ2) is 15.6. The molecule has 0 aliphatic heterocycles. The van der Waals surface area contributed by atoms with E-state index in [-0.39, 0.29) is 11.5 Å². The maximum absolute atomic E-state index is 11.9. The van der Waals surface area contributed by atoms with Crippen LogP contribution in [0.4, 0.5) is 5.82 Å². The number of amides is 1. The van der Waals surface area contributed by atoms with E-state index in [0.29, 0.717) is 24.1 Å². The minimum atomic E-state index is -0.938. The van der Waals surface area contributed by atoms with Crippen molar-refractivity contribution >= 4 is 41.2 Å². The van der Waals surface area contributed by atoms with Gasteiger partial charge in [-0.3, -0.25) is 9.59 Å². The number of carboxylic acids is 1. The predicted molar refractivity (Wildman–Crippen MR) is 143 cm³/mol. The summed E-state index contributed by atoms with van der Waals surface area (Å²) in [6, 6.07) is 4.17. The highest BCUT2D eigenvalue weighted by atomic mass is 32.2. The molecule has 1 aliphatic rings. The van der Waals surface area contributed by atoms with Crippen LogP contribution in [0, 0.1) is 5.41 Å². The molecule has 1 heterocycles. The van der Waals surface area contributed by atoms with E-state index in [1.807, 2.05) is 17.8 Å². The first-order chi connectivity index (χ1) is 15.9. The van der Waals surface area contributed by atoms with Crippen molar-refractivity contribution in [1.29, 1.82) is 0 Å². The third kappa shape index (κ3) is 15.5. The van der Waals surface area contributed by atoms with Crippen LogP contribution in [0.3, 0.4) is 0 Å².